The van der Waals surface area contributed by atoms with Crippen molar-refractivity contribution in [2.45, 2.75) is 12.8 Å². The van der Waals surface area contributed by atoms with Gasteiger partial charge in [0.15, 0.2) is 0 Å². The van der Waals surface area contributed by atoms with E-state index in [0.29, 0.717) is 13.2 Å². The van der Waals surface area contributed by atoms with Crippen molar-refractivity contribution in [2.75, 3.05) is 60.2 Å². The number of ether oxygens (including phenoxy) is 2. The Balaban J connectivity index is 1.86. The molecule has 1 unspecified atom stereocenters. The summed E-state index contributed by atoms with van der Waals surface area (Å²) in [6.07, 6.45) is 2.70. The third-order valence-corrected chi connectivity index (χ3v) is 3.01. The highest BCUT2D eigenvalue weighted by molar-refractivity contribution is 4.72. The van der Waals surface area contributed by atoms with Crippen molar-refractivity contribution < 1.29 is 9.47 Å². The molecule has 0 radical (unpaired) electrons. The third-order valence-electron chi connectivity index (χ3n) is 3.01. The lowest BCUT2D eigenvalue weighted by molar-refractivity contribution is 0.0712. The maximum atomic E-state index is 5.39. The van der Waals surface area contributed by atoms with Crippen molar-refractivity contribution in [3.63, 3.8) is 0 Å². The van der Waals surface area contributed by atoms with Crippen molar-refractivity contribution in [1.29, 1.82) is 0 Å². The highest BCUT2D eigenvalue weighted by Crippen LogP contribution is 2.13. The van der Waals surface area contributed by atoms with E-state index in [9.17, 15) is 0 Å². The molecular formula is C12H26N2O2. The van der Waals surface area contributed by atoms with Crippen LogP contribution in [0.5, 0.6) is 0 Å². The molecule has 1 saturated heterocycles. The van der Waals surface area contributed by atoms with Crippen LogP contribution in [0.15, 0.2) is 0 Å². The first kappa shape index (κ1) is 13.9. The van der Waals surface area contributed by atoms with E-state index in [4.69, 9.17) is 9.47 Å². The monoisotopic (exact) mass is 230 g/mol. The van der Waals surface area contributed by atoms with Gasteiger partial charge in [-0.05, 0) is 38.9 Å². The summed E-state index contributed by atoms with van der Waals surface area (Å²) in [6, 6.07) is 0. The molecule has 4 heteroatoms. The summed E-state index contributed by atoms with van der Waals surface area (Å²) in [5.74, 6) is 0.817. The summed E-state index contributed by atoms with van der Waals surface area (Å²) >= 11 is 0. The largest absolute Gasteiger partial charge is 0.382 e. The highest BCUT2D eigenvalue weighted by atomic mass is 16.5. The number of nitrogens with one attached hydrogen (secondary N) is 1. The third kappa shape index (κ3) is 6.43. The molecule has 0 spiro atoms. The summed E-state index contributed by atoms with van der Waals surface area (Å²) in [6.45, 7) is 6.74. The smallest absolute Gasteiger partial charge is 0.0700 e. The van der Waals surface area contributed by atoms with Crippen LogP contribution in [-0.2, 0) is 9.47 Å². The van der Waals surface area contributed by atoms with Gasteiger partial charge in [0.1, 0.15) is 0 Å². The summed E-state index contributed by atoms with van der Waals surface area (Å²) in [5, 5.41) is 3.46. The van der Waals surface area contributed by atoms with E-state index in [2.05, 4.69) is 17.3 Å². The van der Waals surface area contributed by atoms with Crippen LogP contribution in [0.25, 0.3) is 0 Å². The SMILES string of the molecule is COCCOCCNCC1CCCN(C)C1. The lowest BCUT2D eigenvalue weighted by Crippen LogP contribution is -2.38. The first-order valence-corrected chi connectivity index (χ1v) is 6.29. The quantitative estimate of drug-likeness (QED) is 0.619. The van der Waals surface area contributed by atoms with Gasteiger partial charge in [0.05, 0.1) is 19.8 Å². The van der Waals surface area contributed by atoms with Crippen molar-refractivity contribution in [1.82, 2.24) is 10.2 Å². The Hall–Kier alpha value is -0.160. The Morgan fingerprint density at radius 2 is 2.19 bits per heavy atom. The van der Waals surface area contributed by atoms with E-state index in [1.54, 1.807) is 7.11 Å². The predicted molar refractivity (Wildman–Crippen MR) is 65.8 cm³/mol. The minimum atomic E-state index is 0.688. The number of methoxy groups -OCH3 is 1. The van der Waals surface area contributed by atoms with Crippen LogP contribution in [0.4, 0.5) is 0 Å². The van der Waals surface area contributed by atoms with Crippen LogP contribution in [0, 0.1) is 5.92 Å². The summed E-state index contributed by atoms with van der Waals surface area (Å²) < 4.78 is 10.3. The molecule has 96 valence electrons. The fraction of sp³-hybridized carbons (Fsp3) is 1.00. The number of hydrogen-bond donors (Lipinski definition) is 1. The maximum absolute atomic E-state index is 5.39. The molecule has 0 amide bonds. The minimum absolute atomic E-state index is 0.688. The van der Waals surface area contributed by atoms with Gasteiger partial charge in [-0.25, -0.2) is 0 Å². The maximum Gasteiger partial charge on any atom is 0.0700 e. The molecule has 1 fully saturated rings. The molecule has 1 heterocycles. The second-order valence-corrected chi connectivity index (χ2v) is 4.58. The zero-order valence-corrected chi connectivity index (χ0v) is 10.7. The lowest BCUT2D eigenvalue weighted by atomic mass is 9.98. The van der Waals surface area contributed by atoms with Gasteiger partial charge < -0.3 is 19.7 Å². The van der Waals surface area contributed by atoms with E-state index in [-0.39, 0.29) is 0 Å². The van der Waals surface area contributed by atoms with E-state index < -0.39 is 0 Å². The second kappa shape index (κ2) is 8.93. The lowest BCUT2D eigenvalue weighted by Gasteiger charge is -2.29. The summed E-state index contributed by atoms with van der Waals surface area (Å²) in [5.41, 5.74) is 0. The van der Waals surface area contributed by atoms with Gasteiger partial charge in [0.2, 0.25) is 0 Å². The zero-order chi connectivity index (χ0) is 11.6. The van der Waals surface area contributed by atoms with E-state index in [0.717, 1.165) is 25.6 Å². The van der Waals surface area contributed by atoms with Crippen molar-refractivity contribution in [2.24, 2.45) is 5.92 Å². The van der Waals surface area contributed by atoms with Crippen LogP contribution in [-0.4, -0.2) is 65.1 Å². The van der Waals surface area contributed by atoms with Gasteiger partial charge in [0.25, 0.3) is 0 Å². The summed E-state index contributed by atoms with van der Waals surface area (Å²) in [7, 11) is 3.90. The van der Waals surface area contributed by atoms with E-state index in [1.165, 1.54) is 25.9 Å². The van der Waals surface area contributed by atoms with Crippen LogP contribution in [0.2, 0.25) is 0 Å². The van der Waals surface area contributed by atoms with Gasteiger partial charge in [-0.1, -0.05) is 0 Å². The topological polar surface area (TPSA) is 33.7 Å². The fourth-order valence-electron chi connectivity index (χ4n) is 2.13. The molecule has 1 aliphatic heterocycles. The minimum Gasteiger partial charge on any atom is -0.382 e. The van der Waals surface area contributed by atoms with Crippen LogP contribution in [0.3, 0.4) is 0 Å². The van der Waals surface area contributed by atoms with Crippen LogP contribution < -0.4 is 5.32 Å². The van der Waals surface area contributed by atoms with Gasteiger partial charge >= 0.3 is 0 Å². The van der Waals surface area contributed by atoms with Crippen molar-refractivity contribution >= 4 is 0 Å². The van der Waals surface area contributed by atoms with Crippen molar-refractivity contribution in [3.8, 4) is 0 Å². The molecule has 0 aromatic carbocycles. The van der Waals surface area contributed by atoms with Gasteiger partial charge in [0, 0.05) is 20.2 Å². The number of rotatable bonds is 8. The van der Waals surface area contributed by atoms with Crippen molar-refractivity contribution in [3.05, 3.63) is 0 Å². The molecule has 0 aromatic heterocycles. The zero-order valence-electron chi connectivity index (χ0n) is 10.7. The average Bonchev–Trinajstić information content (AvgIpc) is 2.28. The van der Waals surface area contributed by atoms with Gasteiger partial charge in [-0.3, -0.25) is 0 Å². The van der Waals surface area contributed by atoms with Gasteiger partial charge in [-0.2, -0.15) is 0 Å². The predicted octanol–water partition coefficient (Wildman–Crippen LogP) is 0.581. The Morgan fingerprint density at radius 3 is 2.94 bits per heavy atom. The first-order chi connectivity index (χ1) is 7.83. The highest BCUT2D eigenvalue weighted by Gasteiger charge is 2.16. The normalized spacial score (nSPS) is 22.5. The molecule has 0 saturated carbocycles. The number of piperidine rings is 1. The first-order valence-electron chi connectivity index (χ1n) is 6.29. The Labute approximate surface area is 99.3 Å². The number of hydrogen-bond acceptors (Lipinski definition) is 4. The molecule has 0 bridgehead atoms. The second-order valence-electron chi connectivity index (χ2n) is 4.58. The molecule has 1 rings (SSSR count). The Kier molecular flexibility index (Phi) is 7.76. The van der Waals surface area contributed by atoms with Crippen LogP contribution in [0.1, 0.15) is 12.8 Å². The van der Waals surface area contributed by atoms with E-state index >= 15 is 0 Å². The molecule has 4 nitrogen and oxygen atoms in total. The molecule has 0 aromatic rings. The van der Waals surface area contributed by atoms with Crippen LogP contribution >= 0.6 is 0 Å². The molecule has 16 heavy (non-hydrogen) atoms. The average molecular weight is 230 g/mol. The van der Waals surface area contributed by atoms with E-state index in [1.807, 2.05) is 0 Å². The Morgan fingerprint density at radius 1 is 1.31 bits per heavy atom. The number of likely N-dealkylation sites (tertiary alicyclic amines) is 1. The molecule has 0 aliphatic carbocycles. The number of nitrogens with zero attached hydrogens (tertiary/aromatic N) is 1. The molecular weight excluding hydrogens is 204 g/mol. The van der Waals surface area contributed by atoms with Gasteiger partial charge in [-0.15, -0.1) is 0 Å². The molecule has 1 N–H and O–H groups in total. The summed E-state index contributed by atoms with van der Waals surface area (Å²) in [4.78, 5) is 2.42. The Bertz CT molecular complexity index is 167. The molecule has 1 atom stereocenters. The fourth-order valence-corrected chi connectivity index (χ4v) is 2.13. The molecule has 1 aliphatic rings. The standard InChI is InChI=1S/C12H26N2O2/c1-14-6-3-4-12(11-14)10-13-5-7-16-9-8-15-2/h12-13H,3-11H2,1-2H3.